The van der Waals surface area contributed by atoms with E-state index in [2.05, 4.69) is 15.2 Å². The lowest BCUT2D eigenvalue weighted by Gasteiger charge is -2.08. The van der Waals surface area contributed by atoms with Gasteiger partial charge in [0.15, 0.2) is 0 Å². The van der Waals surface area contributed by atoms with Crippen LogP contribution in [0.3, 0.4) is 0 Å². The molecule has 0 aliphatic rings. The monoisotopic (exact) mass is 357 g/mol. The molecule has 2 aromatic heterocycles. The number of halogens is 1. The predicted octanol–water partition coefficient (Wildman–Crippen LogP) is 4.25. The van der Waals surface area contributed by atoms with Crippen molar-refractivity contribution in [1.29, 1.82) is 0 Å². The van der Waals surface area contributed by atoms with E-state index in [0.29, 0.717) is 45.6 Å². The van der Waals surface area contributed by atoms with E-state index in [1.54, 1.807) is 32.0 Å². The van der Waals surface area contributed by atoms with Gasteiger partial charge in [0.05, 0.1) is 39.7 Å². The number of rotatable bonds is 4. The second-order valence-electron chi connectivity index (χ2n) is 5.37. The molecule has 0 N–H and O–H groups in total. The van der Waals surface area contributed by atoms with Crippen LogP contribution in [0.4, 0.5) is 0 Å². The lowest BCUT2D eigenvalue weighted by Crippen LogP contribution is -2.09. The molecule has 0 saturated carbocycles. The number of pyridine rings is 1. The molecule has 0 atom stereocenters. The Morgan fingerprint density at radius 1 is 1.12 bits per heavy atom. The molecule has 0 fully saturated rings. The van der Waals surface area contributed by atoms with Gasteiger partial charge in [-0.2, -0.15) is 0 Å². The Bertz CT molecular complexity index is 937. The fourth-order valence-corrected chi connectivity index (χ4v) is 2.65. The molecule has 128 valence electrons. The summed E-state index contributed by atoms with van der Waals surface area (Å²) in [6, 6.07) is 8.87. The lowest BCUT2D eigenvalue weighted by atomic mass is 10.1. The van der Waals surface area contributed by atoms with Crippen LogP contribution in [-0.2, 0) is 4.74 Å². The van der Waals surface area contributed by atoms with Gasteiger partial charge in [-0.3, -0.25) is 4.98 Å². The van der Waals surface area contributed by atoms with Crippen LogP contribution >= 0.6 is 11.6 Å². The smallest absolute Gasteiger partial charge is 0.339 e. The number of hydrogen-bond acceptors (Lipinski definition) is 6. The zero-order valence-electron chi connectivity index (χ0n) is 14.0. The summed E-state index contributed by atoms with van der Waals surface area (Å²) in [4.78, 5) is 16.5. The number of benzene rings is 1. The Hall–Kier alpha value is -2.73. The van der Waals surface area contributed by atoms with E-state index < -0.39 is 5.97 Å². The van der Waals surface area contributed by atoms with Crippen molar-refractivity contribution in [3.8, 4) is 22.9 Å². The average molecular weight is 358 g/mol. The third-order valence-electron chi connectivity index (χ3n) is 3.66. The van der Waals surface area contributed by atoms with Crippen molar-refractivity contribution in [2.45, 2.75) is 20.8 Å². The molecule has 0 aliphatic carbocycles. The first kappa shape index (κ1) is 17.1. The molecule has 0 unspecified atom stereocenters. The highest BCUT2D eigenvalue weighted by molar-refractivity contribution is 6.33. The van der Waals surface area contributed by atoms with E-state index in [0.717, 1.165) is 0 Å². The molecule has 3 rings (SSSR count). The van der Waals surface area contributed by atoms with Crippen molar-refractivity contribution in [2.24, 2.45) is 0 Å². The first-order chi connectivity index (χ1) is 12.0. The maximum absolute atomic E-state index is 12.1. The molecule has 0 saturated heterocycles. The highest BCUT2D eigenvalue weighted by Crippen LogP contribution is 2.30. The van der Waals surface area contributed by atoms with Gasteiger partial charge in [0, 0.05) is 0 Å². The van der Waals surface area contributed by atoms with Crippen LogP contribution in [0.25, 0.3) is 22.9 Å². The highest BCUT2D eigenvalue weighted by atomic mass is 35.5. The third kappa shape index (κ3) is 3.39. The Balaban J connectivity index is 2.04. The van der Waals surface area contributed by atoms with Gasteiger partial charge in [-0.15, -0.1) is 10.2 Å². The molecule has 25 heavy (non-hydrogen) atoms. The van der Waals surface area contributed by atoms with Crippen LogP contribution in [0.5, 0.6) is 0 Å². The zero-order valence-corrected chi connectivity index (χ0v) is 14.8. The Morgan fingerprint density at radius 2 is 1.80 bits per heavy atom. The fraction of sp³-hybridized carbons (Fsp3) is 0.222. The fourth-order valence-electron chi connectivity index (χ4n) is 2.43. The van der Waals surface area contributed by atoms with Crippen molar-refractivity contribution >= 4 is 17.6 Å². The van der Waals surface area contributed by atoms with E-state index in [9.17, 15) is 4.79 Å². The van der Waals surface area contributed by atoms with Crippen LogP contribution in [0.2, 0.25) is 5.02 Å². The first-order valence-electron chi connectivity index (χ1n) is 7.75. The third-order valence-corrected chi connectivity index (χ3v) is 3.99. The number of aromatic nitrogens is 3. The lowest BCUT2D eigenvalue weighted by molar-refractivity contribution is 0.0525. The molecule has 6 nitrogen and oxygen atoms in total. The van der Waals surface area contributed by atoms with Gasteiger partial charge in [0.25, 0.3) is 0 Å². The minimum atomic E-state index is -0.431. The maximum atomic E-state index is 12.1. The Morgan fingerprint density at radius 3 is 2.48 bits per heavy atom. The molecule has 2 heterocycles. The van der Waals surface area contributed by atoms with E-state index in [-0.39, 0.29) is 5.89 Å². The van der Waals surface area contributed by atoms with Gasteiger partial charge in [-0.05, 0) is 39.0 Å². The van der Waals surface area contributed by atoms with Gasteiger partial charge in [-0.25, -0.2) is 4.79 Å². The van der Waals surface area contributed by atoms with E-state index in [1.807, 2.05) is 19.1 Å². The van der Waals surface area contributed by atoms with Gasteiger partial charge in [0.1, 0.15) is 0 Å². The minimum absolute atomic E-state index is 0.269. The van der Waals surface area contributed by atoms with E-state index >= 15 is 0 Å². The Labute approximate surface area is 149 Å². The minimum Gasteiger partial charge on any atom is -0.462 e. The standard InChI is InChI=1S/C18H16ClN3O3/c1-4-24-18(23)14-9-13(10(2)20-11(14)3)17-22-21-16(25-17)12-7-5-6-8-15(12)19/h5-9H,4H2,1-3H3. The van der Waals surface area contributed by atoms with E-state index in [4.69, 9.17) is 20.8 Å². The molecule has 1 aromatic carbocycles. The van der Waals surface area contributed by atoms with Crippen molar-refractivity contribution in [2.75, 3.05) is 6.61 Å². The van der Waals surface area contributed by atoms with E-state index in [1.165, 1.54) is 0 Å². The summed E-state index contributed by atoms with van der Waals surface area (Å²) in [6.07, 6.45) is 0. The molecular weight excluding hydrogens is 342 g/mol. The van der Waals surface area contributed by atoms with Crippen LogP contribution in [-0.4, -0.2) is 27.8 Å². The molecular formula is C18H16ClN3O3. The van der Waals surface area contributed by atoms with Gasteiger partial charge in [-0.1, -0.05) is 23.7 Å². The van der Waals surface area contributed by atoms with Crippen molar-refractivity contribution in [3.63, 3.8) is 0 Å². The number of hydrogen-bond donors (Lipinski definition) is 0. The molecule has 7 heteroatoms. The number of carbonyl (C=O) groups excluding carboxylic acids is 1. The number of aryl methyl sites for hydroxylation is 2. The summed E-state index contributed by atoms with van der Waals surface area (Å²) < 4.78 is 10.8. The highest BCUT2D eigenvalue weighted by Gasteiger charge is 2.19. The van der Waals surface area contributed by atoms with Gasteiger partial charge < -0.3 is 9.15 Å². The number of ether oxygens (including phenoxy) is 1. The molecule has 0 radical (unpaired) electrons. The van der Waals surface area contributed by atoms with Crippen molar-refractivity contribution in [3.05, 3.63) is 52.3 Å². The molecule has 0 amide bonds. The topological polar surface area (TPSA) is 78.1 Å². The molecule has 0 spiro atoms. The maximum Gasteiger partial charge on any atom is 0.339 e. The summed E-state index contributed by atoms with van der Waals surface area (Å²) in [6.45, 7) is 5.62. The molecule has 0 aliphatic heterocycles. The van der Waals surface area contributed by atoms with Gasteiger partial charge in [0.2, 0.25) is 11.8 Å². The second kappa shape index (κ2) is 7.03. The summed E-state index contributed by atoms with van der Waals surface area (Å²) in [5.74, 6) is 0.142. The second-order valence-corrected chi connectivity index (χ2v) is 5.77. The summed E-state index contributed by atoms with van der Waals surface area (Å²) in [5, 5.41) is 8.64. The quantitative estimate of drug-likeness (QED) is 0.650. The molecule has 3 aromatic rings. The van der Waals surface area contributed by atoms with Crippen molar-refractivity contribution in [1.82, 2.24) is 15.2 Å². The Kier molecular flexibility index (Phi) is 4.81. The van der Waals surface area contributed by atoms with Gasteiger partial charge >= 0.3 is 5.97 Å². The number of carbonyl (C=O) groups is 1. The number of esters is 1. The van der Waals surface area contributed by atoms with Crippen LogP contribution in [0.1, 0.15) is 28.7 Å². The largest absolute Gasteiger partial charge is 0.462 e. The average Bonchev–Trinajstić information content (AvgIpc) is 3.05. The molecule has 0 bridgehead atoms. The normalized spacial score (nSPS) is 10.7. The summed E-state index contributed by atoms with van der Waals surface area (Å²) in [5.41, 5.74) is 2.87. The summed E-state index contributed by atoms with van der Waals surface area (Å²) in [7, 11) is 0. The first-order valence-corrected chi connectivity index (χ1v) is 8.13. The van der Waals surface area contributed by atoms with Crippen LogP contribution < -0.4 is 0 Å². The zero-order chi connectivity index (χ0) is 18.0. The van der Waals surface area contributed by atoms with Crippen LogP contribution in [0, 0.1) is 13.8 Å². The van der Waals surface area contributed by atoms with Crippen LogP contribution in [0.15, 0.2) is 34.7 Å². The van der Waals surface area contributed by atoms with Crippen molar-refractivity contribution < 1.29 is 13.9 Å². The predicted molar refractivity (Wildman–Crippen MR) is 93.4 cm³/mol. The number of nitrogens with zero attached hydrogens (tertiary/aromatic N) is 3. The summed E-state index contributed by atoms with van der Waals surface area (Å²) >= 11 is 6.17. The SMILES string of the molecule is CCOC(=O)c1cc(-c2nnc(-c3ccccc3Cl)o2)c(C)nc1C.